The van der Waals surface area contributed by atoms with Gasteiger partial charge in [-0.15, -0.1) is 0 Å². The molecule has 2 N–H and O–H groups in total. The lowest BCUT2D eigenvalue weighted by molar-refractivity contribution is -0.112. The van der Waals surface area contributed by atoms with Gasteiger partial charge in [-0.2, -0.15) is 0 Å². The van der Waals surface area contributed by atoms with Gasteiger partial charge in [0.15, 0.2) is 5.13 Å². The van der Waals surface area contributed by atoms with Crippen LogP contribution in [-0.2, 0) is 17.8 Å². The van der Waals surface area contributed by atoms with Crippen molar-refractivity contribution in [1.82, 2.24) is 14.9 Å². The van der Waals surface area contributed by atoms with Crippen LogP contribution in [0.25, 0.3) is 21.1 Å². The first kappa shape index (κ1) is 18.0. The summed E-state index contributed by atoms with van der Waals surface area (Å²) in [4.78, 5) is 30.6. The molecule has 146 valence electrons. The van der Waals surface area contributed by atoms with E-state index in [1.807, 2.05) is 49.4 Å². The predicted octanol–water partition coefficient (Wildman–Crippen LogP) is 3.53. The number of nitrogens with zero attached hydrogens (tertiary/aromatic N) is 2. The zero-order valence-electron chi connectivity index (χ0n) is 16.0. The summed E-state index contributed by atoms with van der Waals surface area (Å²) in [5.74, 6) is -1.15. The van der Waals surface area contributed by atoms with E-state index in [4.69, 9.17) is 0 Å². The Morgan fingerprint density at radius 3 is 2.86 bits per heavy atom. The molecule has 0 atom stereocenters. The highest BCUT2D eigenvalue weighted by Crippen LogP contribution is 2.30. The number of aryl methyl sites for hydroxylation is 1. The van der Waals surface area contributed by atoms with Crippen molar-refractivity contribution >= 4 is 49.3 Å². The number of Topliss-reactive ketones (excluding diaryl/α,β-unsaturated/α-hetero) is 1. The van der Waals surface area contributed by atoms with E-state index in [2.05, 4.69) is 20.2 Å². The van der Waals surface area contributed by atoms with E-state index in [1.54, 1.807) is 0 Å². The highest BCUT2D eigenvalue weighted by molar-refractivity contribution is 7.22. The number of hydrogen-bond donors (Lipinski definition) is 2. The van der Waals surface area contributed by atoms with E-state index >= 15 is 0 Å². The van der Waals surface area contributed by atoms with Crippen molar-refractivity contribution < 1.29 is 9.59 Å². The maximum absolute atomic E-state index is 13.2. The molecule has 6 nitrogen and oxygen atoms in total. The van der Waals surface area contributed by atoms with Crippen LogP contribution < -0.4 is 10.6 Å². The maximum atomic E-state index is 13.2. The minimum atomic E-state index is -0.641. The van der Waals surface area contributed by atoms with E-state index in [9.17, 15) is 9.59 Å². The molecule has 2 aromatic heterocycles. The molecule has 3 heterocycles. The number of anilines is 1. The van der Waals surface area contributed by atoms with Gasteiger partial charge in [-0.05, 0) is 24.6 Å². The summed E-state index contributed by atoms with van der Waals surface area (Å²) in [7, 11) is 0. The third kappa shape index (κ3) is 3.03. The lowest BCUT2D eigenvalue weighted by Crippen LogP contribution is -2.24. The first-order valence-electron chi connectivity index (χ1n) is 9.66. The number of fused-ring (bicyclic) bond motifs is 4. The van der Waals surface area contributed by atoms with Crippen LogP contribution in [0, 0.1) is 6.92 Å². The molecule has 2 aromatic carbocycles. The van der Waals surface area contributed by atoms with Crippen molar-refractivity contribution in [2.24, 2.45) is 0 Å². The fraction of sp³-hybridized carbons (Fsp3) is 0.227. The largest absolute Gasteiger partial charge is 0.343 e. The summed E-state index contributed by atoms with van der Waals surface area (Å²) in [6.45, 7) is 4.39. The summed E-state index contributed by atoms with van der Waals surface area (Å²) in [5, 5.41) is 7.37. The van der Waals surface area contributed by atoms with Crippen LogP contribution in [-0.4, -0.2) is 34.3 Å². The van der Waals surface area contributed by atoms with Gasteiger partial charge in [-0.3, -0.25) is 14.9 Å². The molecule has 1 aliphatic rings. The number of amides is 1. The lowest BCUT2D eigenvalue weighted by Gasteiger charge is -2.06. The number of carbonyl (C=O) groups excluding carboxylic acids is 2. The van der Waals surface area contributed by atoms with E-state index in [0.29, 0.717) is 17.1 Å². The Morgan fingerprint density at radius 2 is 2.00 bits per heavy atom. The van der Waals surface area contributed by atoms with E-state index < -0.39 is 11.7 Å². The van der Waals surface area contributed by atoms with Crippen LogP contribution in [0.5, 0.6) is 0 Å². The molecule has 0 saturated carbocycles. The second-order valence-electron chi connectivity index (χ2n) is 7.21. The third-order valence-corrected chi connectivity index (χ3v) is 6.34. The molecule has 5 rings (SSSR count). The number of carbonyl (C=O) groups is 2. The van der Waals surface area contributed by atoms with Gasteiger partial charge in [0.2, 0.25) is 0 Å². The Kier molecular flexibility index (Phi) is 4.41. The van der Waals surface area contributed by atoms with Crippen molar-refractivity contribution in [2.75, 3.05) is 18.4 Å². The van der Waals surface area contributed by atoms with Crippen molar-refractivity contribution in [3.05, 3.63) is 59.3 Å². The number of nitrogens with one attached hydrogen (secondary N) is 2. The third-order valence-electron chi connectivity index (χ3n) is 5.40. The van der Waals surface area contributed by atoms with Crippen LogP contribution >= 0.6 is 11.3 Å². The van der Waals surface area contributed by atoms with Gasteiger partial charge in [-0.1, -0.05) is 41.7 Å². The lowest BCUT2D eigenvalue weighted by atomic mass is 10.0. The molecule has 1 aliphatic heterocycles. The SMILES string of the molecule is Cc1cccc2sc(NC(=O)C(=O)c3c4n(c5ccccc35)CCNCC4)nc12. The maximum Gasteiger partial charge on any atom is 0.298 e. The molecule has 29 heavy (non-hydrogen) atoms. The molecule has 0 fully saturated rings. The Balaban J connectivity index is 1.53. The fourth-order valence-electron chi connectivity index (χ4n) is 4.05. The van der Waals surface area contributed by atoms with Gasteiger partial charge in [0.25, 0.3) is 11.7 Å². The van der Waals surface area contributed by atoms with Gasteiger partial charge in [0, 0.05) is 42.7 Å². The van der Waals surface area contributed by atoms with Crippen molar-refractivity contribution in [1.29, 1.82) is 0 Å². The molecular weight excluding hydrogens is 384 g/mol. The molecule has 7 heteroatoms. The minimum absolute atomic E-state index is 0.448. The summed E-state index contributed by atoms with van der Waals surface area (Å²) in [5.41, 5.74) is 4.34. The summed E-state index contributed by atoms with van der Waals surface area (Å²) in [6, 6.07) is 13.7. The highest BCUT2D eigenvalue weighted by Gasteiger charge is 2.28. The number of para-hydroxylation sites is 2. The molecule has 0 unspecified atom stereocenters. The van der Waals surface area contributed by atoms with Crippen LogP contribution in [0.15, 0.2) is 42.5 Å². The highest BCUT2D eigenvalue weighted by atomic mass is 32.1. The average Bonchev–Trinajstić information content (AvgIpc) is 3.17. The number of ketones is 1. The minimum Gasteiger partial charge on any atom is -0.343 e. The van der Waals surface area contributed by atoms with E-state index in [0.717, 1.165) is 52.0 Å². The molecule has 0 spiro atoms. The Morgan fingerprint density at radius 1 is 1.14 bits per heavy atom. The summed E-state index contributed by atoms with van der Waals surface area (Å²) >= 11 is 1.38. The normalized spacial score (nSPS) is 14.0. The quantitative estimate of drug-likeness (QED) is 0.405. The molecule has 0 radical (unpaired) electrons. The van der Waals surface area contributed by atoms with Crippen LogP contribution in [0.3, 0.4) is 0 Å². The van der Waals surface area contributed by atoms with Crippen LogP contribution in [0.1, 0.15) is 21.6 Å². The van der Waals surface area contributed by atoms with Crippen LogP contribution in [0.2, 0.25) is 0 Å². The molecule has 0 bridgehead atoms. The summed E-state index contributed by atoms with van der Waals surface area (Å²) in [6.07, 6.45) is 0.712. The van der Waals surface area contributed by atoms with Gasteiger partial charge in [-0.25, -0.2) is 4.98 Å². The van der Waals surface area contributed by atoms with Crippen molar-refractivity contribution in [2.45, 2.75) is 19.9 Å². The Bertz CT molecular complexity index is 1270. The molecule has 4 aromatic rings. The number of aromatic nitrogens is 2. The zero-order chi connectivity index (χ0) is 20.0. The number of thiazole rings is 1. The Hall–Kier alpha value is -3.03. The first-order valence-corrected chi connectivity index (χ1v) is 10.5. The molecule has 0 aliphatic carbocycles. The second kappa shape index (κ2) is 7.09. The Labute approximate surface area is 171 Å². The van der Waals surface area contributed by atoms with Gasteiger partial charge < -0.3 is 9.88 Å². The number of hydrogen-bond acceptors (Lipinski definition) is 5. The van der Waals surface area contributed by atoms with E-state index in [1.165, 1.54) is 11.3 Å². The zero-order valence-corrected chi connectivity index (χ0v) is 16.8. The molecule has 1 amide bonds. The number of rotatable bonds is 3. The first-order chi connectivity index (χ1) is 14.1. The predicted molar refractivity (Wildman–Crippen MR) is 116 cm³/mol. The molecule has 0 saturated heterocycles. The standard InChI is InChI=1S/C22H20N4O2S/c1-13-5-4-8-17-19(13)24-22(29-17)25-21(28)20(27)18-14-6-2-3-7-15(14)26-12-11-23-10-9-16(18)26/h2-8,23H,9-12H2,1H3,(H,24,25,28). The van der Waals surface area contributed by atoms with Gasteiger partial charge >= 0.3 is 0 Å². The smallest absolute Gasteiger partial charge is 0.298 e. The summed E-state index contributed by atoms with van der Waals surface area (Å²) < 4.78 is 3.15. The molecular formula is C22H20N4O2S. The van der Waals surface area contributed by atoms with Gasteiger partial charge in [0.1, 0.15) is 0 Å². The monoisotopic (exact) mass is 404 g/mol. The fourth-order valence-corrected chi connectivity index (χ4v) is 4.99. The second-order valence-corrected chi connectivity index (χ2v) is 8.25. The van der Waals surface area contributed by atoms with Crippen molar-refractivity contribution in [3.8, 4) is 0 Å². The average molecular weight is 404 g/mol. The van der Waals surface area contributed by atoms with Crippen molar-refractivity contribution in [3.63, 3.8) is 0 Å². The van der Waals surface area contributed by atoms with E-state index in [-0.39, 0.29) is 0 Å². The van der Waals surface area contributed by atoms with Crippen LogP contribution in [0.4, 0.5) is 5.13 Å². The number of benzene rings is 2. The topological polar surface area (TPSA) is 76.0 Å². The van der Waals surface area contributed by atoms with Gasteiger partial charge in [0.05, 0.1) is 15.8 Å².